The summed E-state index contributed by atoms with van der Waals surface area (Å²) in [4.78, 5) is 0. The number of aliphatic hydroxyl groups is 1. The summed E-state index contributed by atoms with van der Waals surface area (Å²) in [6.45, 7) is 0. The Morgan fingerprint density at radius 3 is 2.28 bits per heavy atom. The summed E-state index contributed by atoms with van der Waals surface area (Å²) in [7, 11) is 0. The van der Waals surface area contributed by atoms with Gasteiger partial charge in [-0.15, -0.1) is 0 Å². The summed E-state index contributed by atoms with van der Waals surface area (Å²) < 4.78 is 5.41. The molecule has 1 aromatic rings. The van der Waals surface area contributed by atoms with Crippen molar-refractivity contribution in [2.24, 2.45) is 23.2 Å². The highest BCUT2D eigenvalue weighted by Gasteiger charge is 2.53. The van der Waals surface area contributed by atoms with Gasteiger partial charge < -0.3 is 9.52 Å². The molecule has 5 rings (SSSR count). The zero-order valence-corrected chi connectivity index (χ0v) is 10.8. The van der Waals surface area contributed by atoms with Crippen LogP contribution in [0.25, 0.3) is 0 Å². The van der Waals surface area contributed by atoms with Crippen LogP contribution in [-0.2, 0) is 6.42 Å². The van der Waals surface area contributed by atoms with Crippen molar-refractivity contribution in [3.05, 3.63) is 24.2 Å². The minimum atomic E-state index is -0.197. The van der Waals surface area contributed by atoms with E-state index in [0.29, 0.717) is 6.42 Å². The lowest BCUT2D eigenvalue weighted by Crippen LogP contribution is -2.52. The first-order valence-corrected chi connectivity index (χ1v) is 7.44. The minimum absolute atomic E-state index is 0.197. The lowest BCUT2D eigenvalue weighted by molar-refractivity contribution is -0.120. The summed E-state index contributed by atoms with van der Waals surface area (Å²) in [5, 5.41) is 10.7. The van der Waals surface area contributed by atoms with Crippen LogP contribution in [0.3, 0.4) is 0 Å². The van der Waals surface area contributed by atoms with Gasteiger partial charge in [0.15, 0.2) is 0 Å². The quantitative estimate of drug-likeness (QED) is 0.886. The molecule has 1 heterocycles. The first kappa shape index (κ1) is 11.1. The number of furan rings is 1. The summed E-state index contributed by atoms with van der Waals surface area (Å²) in [5.74, 6) is 3.66. The highest BCUT2D eigenvalue weighted by molar-refractivity contribution is 5.08. The van der Waals surface area contributed by atoms with E-state index in [2.05, 4.69) is 0 Å². The largest absolute Gasteiger partial charge is 0.469 e. The highest BCUT2D eigenvalue weighted by atomic mass is 16.3. The number of hydrogen-bond donors (Lipinski definition) is 1. The standard InChI is InChI=1S/C16H22O2/c17-15(7-14-2-1-3-18-14)16-8-11-4-12(9-16)6-13(5-11)10-16/h1-3,11-13,15,17H,4-10H2. The van der Waals surface area contributed by atoms with Crippen molar-refractivity contribution in [1.82, 2.24) is 0 Å². The lowest BCUT2D eigenvalue weighted by atomic mass is 9.48. The van der Waals surface area contributed by atoms with E-state index in [0.717, 1.165) is 23.5 Å². The normalized spacial score (nSPS) is 43.3. The van der Waals surface area contributed by atoms with E-state index >= 15 is 0 Å². The molecule has 1 atom stereocenters. The van der Waals surface area contributed by atoms with Gasteiger partial charge in [0.25, 0.3) is 0 Å². The average molecular weight is 246 g/mol. The van der Waals surface area contributed by atoms with Gasteiger partial charge in [-0.2, -0.15) is 0 Å². The summed E-state index contributed by atoms with van der Waals surface area (Å²) >= 11 is 0. The van der Waals surface area contributed by atoms with E-state index in [4.69, 9.17) is 4.42 Å². The molecular weight excluding hydrogens is 224 g/mol. The molecule has 2 heteroatoms. The van der Waals surface area contributed by atoms with Crippen LogP contribution in [0.15, 0.2) is 22.8 Å². The smallest absolute Gasteiger partial charge is 0.106 e. The second kappa shape index (κ2) is 3.86. The number of hydrogen-bond acceptors (Lipinski definition) is 2. The maximum Gasteiger partial charge on any atom is 0.106 e. The van der Waals surface area contributed by atoms with Crippen LogP contribution in [0.5, 0.6) is 0 Å². The van der Waals surface area contributed by atoms with Crippen LogP contribution in [0.1, 0.15) is 44.3 Å². The van der Waals surface area contributed by atoms with Crippen molar-refractivity contribution < 1.29 is 9.52 Å². The molecule has 0 radical (unpaired) electrons. The summed E-state index contributed by atoms with van der Waals surface area (Å²) in [6.07, 6.45) is 10.3. The van der Waals surface area contributed by atoms with Crippen LogP contribution >= 0.6 is 0 Å². The number of rotatable bonds is 3. The molecule has 0 aliphatic heterocycles. The molecule has 1 unspecified atom stereocenters. The molecule has 4 saturated carbocycles. The SMILES string of the molecule is OC(Cc1ccco1)C12CC3CC(CC(C3)C1)C2. The van der Waals surface area contributed by atoms with E-state index in [-0.39, 0.29) is 11.5 Å². The Morgan fingerprint density at radius 1 is 1.17 bits per heavy atom. The van der Waals surface area contributed by atoms with Crippen molar-refractivity contribution in [2.75, 3.05) is 0 Å². The second-order valence-corrected chi connectivity index (χ2v) is 7.08. The monoisotopic (exact) mass is 246 g/mol. The van der Waals surface area contributed by atoms with Crippen molar-refractivity contribution in [3.63, 3.8) is 0 Å². The van der Waals surface area contributed by atoms with Crippen LogP contribution in [0, 0.1) is 23.2 Å². The molecule has 4 bridgehead atoms. The van der Waals surface area contributed by atoms with E-state index in [1.54, 1.807) is 6.26 Å². The molecule has 0 saturated heterocycles. The van der Waals surface area contributed by atoms with Crippen LogP contribution in [-0.4, -0.2) is 11.2 Å². The zero-order chi connectivity index (χ0) is 12.2. The van der Waals surface area contributed by atoms with E-state index in [1.807, 2.05) is 12.1 Å². The van der Waals surface area contributed by atoms with Gasteiger partial charge in [0.05, 0.1) is 12.4 Å². The molecule has 1 N–H and O–H groups in total. The van der Waals surface area contributed by atoms with E-state index in [9.17, 15) is 5.11 Å². The number of aliphatic hydroxyl groups excluding tert-OH is 1. The average Bonchev–Trinajstić information content (AvgIpc) is 2.79. The van der Waals surface area contributed by atoms with Crippen molar-refractivity contribution in [1.29, 1.82) is 0 Å². The predicted molar refractivity (Wildman–Crippen MR) is 69.0 cm³/mol. The molecule has 2 nitrogen and oxygen atoms in total. The Kier molecular flexibility index (Phi) is 2.38. The fraction of sp³-hybridized carbons (Fsp3) is 0.750. The van der Waals surface area contributed by atoms with E-state index in [1.165, 1.54) is 38.5 Å². The Labute approximate surface area is 108 Å². The first-order chi connectivity index (χ1) is 8.73. The van der Waals surface area contributed by atoms with Crippen LogP contribution in [0.4, 0.5) is 0 Å². The van der Waals surface area contributed by atoms with Gasteiger partial charge in [0.2, 0.25) is 0 Å². The van der Waals surface area contributed by atoms with Gasteiger partial charge in [0, 0.05) is 6.42 Å². The molecule has 4 fully saturated rings. The first-order valence-electron chi connectivity index (χ1n) is 7.44. The highest BCUT2D eigenvalue weighted by Crippen LogP contribution is 2.61. The van der Waals surface area contributed by atoms with Gasteiger partial charge in [-0.25, -0.2) is 0 Å². The molecule has 98 valence electrons. The lowest BCUT2D eigenvalue weighted by Gasteiger charge is -2.58. The third-order valence-corrected chi connectivity index (χ3v) is 5.77. The van der Waals surface area contributed by atoms with Crippen LogP contribution in [0.2, 0.25) is 0 Å². The Balaban J connectivity index is 1.56. The zero-order valence-electron chi connectivity index (χ0n) is 10.8. The second-order valence-electron chi connectivity index (χ2n) is 7.08. The Bertz CT molecular complexity index is 385. The predicted octanol–water partition coefficient (Wildman–Crippen LogP) is 3.40. The molecule has 0 aromatic carbocycles. The maximum absolute atomic E-state index is 10.7. The van der Waals surface area contributed by atoms with Gasteiger partial charge in [-0.05, 0) is 73.8 Å². The van der Waals surface area contributed by atoms with Gasteiger partial charge in [0.1, 0.15) is 5.76 Å². The Hall–Kier alpha value is -0.760. The van der Waals surface area contributed by atoms with Crippen molar-refractivity contribution in [2.45, 2.75) is 51.0 Å². The topological polar surface area (TPSA) is 33.4 Å². The molecular formula is C16H22O2. The summed E-state index contributed by atoms with van der Waals surface area (Å²) in [6, 6.07) is 3.91. The van der Waals surface area contributed by atoms with Gasteiger partial charge in [-0.1, -0.05) is 0 Å². The molecule has 1 aromatic heterocycles. The molecule has 0 spiro atoms. The maximum atomic E-state index is 10.7. The molecule has 4 aliphatic rings. The molecule has 0 amide bonds. The molecule has 4 aliphatic carbocycles. The van der Waals surface area contributed by atoms with Crippen LogP contribution < -0.4 is 0 Å². The third-order valence-electron chi connectivity index (χ3n) is 5.77. The van der Waals surface area contributed by atoms with Crippen molar-refractivity contribution in [3.8, 4) is 0 Å². The summed E-state index contributed by atoms with van der Waals surface area (Å²) in [5.41, 5.74) is 0.224. The van der Waals surface area contributed by atoms with Gasteiger partial charge in [-0.3, -0.25) is 0 Å². The third kappa shape index (κ3) is 1.65. The minimum Gasteiger partial charge on any atom is -0.469 e. The Morgan fingerprint density at radius 2 is 1.78 bits per heavy atom. The van der Waals surface area contributed by atoms with Crippen molar-refractivity contribution >= 4 is 0 Å². The van der Waals surface area contributed by atoms with Gasteiger partial charge >= 0.3 is 0 Å². The molecule has 18 heavy (non-hydrogen) atoms. The van der Waals surface area contributed by atoms with E-state index < -0.39 is 0 Å². The fourth-order valence-corrected chi connectivity index (χ4v) is 5.42. The fourth-order valence-electron chi connectivity index (χ4n) is 5.42.